The van der Waals surface area contributed by atoms with Crippen molar-refractivity contribution in [2.24, 2.45) is 0 Å². The third-order valence-electron chi connectivity index (χ3n) is 12.2. The number of hydrogen-bond donors (Lipinski definition) is 0. The van der Waals surface area contributed by atoms with E-state index in [2.05, 4.69) is 41.5 Å². The van der Waals surface area contributed by atoms with Crippen molar-refractivity contribution in [2.45, 2.75) is 303 Å². The van der Waals surface area contributed by atoms with Crippen LogP contribution in [0.15, 0.2) is 0 Å². The number of rotatable bonds is 48. The Balaban J connectivity index is 6.37. The molecule has 0 saturated carbocycles. The quantitative estimate of drug-likeness (QED) is 0.0449. The first-order valence-corrected chi connectivity index (χ1v) is 38.8. The molecule has 0 aliphatic carbocycles. The minimum atomic E-state index is -3.46. The van der Waals surface area contributed by atoms with E-state index in [-0.39, 0.29) is 0 Å². The van der Waals surface area contributed by atoms with Gasteiger partial charge in [-0.15, -0.1) is 0 Å². The fraction of sp³-hybridized carbons (Fsp3) is 1.00. The van der Waals surface area contributed by atoms with Crippen LogP contribution in [0.2, 0.25) is 17.7 Å². The Morgan fingerprint density at radius 3 is 0.618 bits per heavy atom. The molecule has 0 aromatic heterocycles. The van der Waals surface area contributed by atoms with E-state index < -0.39 is 38.4 Å². The van der Waals surface area contributed by atoms with Gasteiger partial charge in [0.15, 0.2) is 0 Å². The van der Waals surface area contributed by atoms with Crippen LogP contribution < -0.4 is 0 Å². The van der Waals surface area contributed by atoms with Gasteiger partial charge < -0.3 is 0 Å². The van der Waals surface area contributed by atoms with Gasteiger partial charge >= 0.3 is 362 Å². The molecule has 0 aliphatic rings. The fourth-order valence-corrected chi connectivity index (χ4v) is 50.0. The Labute approximate surface area is 359 Å². The molecule has 0 radical (unpaired) electrons. The first-order valence-electron chi connectivity index (χ1n) is 26.1. The molecule has 0 bridgehead atoms. The maximum absolute atomic E-state index is 8.23. The van der Waals surface area contributed by atoms with E-state index in [1.54, 1.807) is 0 Å². The molecule has 0 aromatic rings. The van der Waals surface area contributed by atoms with Crippen molar-refractivity contribution in [3.63, 3.8) is 0 Å². The molecule has 0 aliphatic heterocycles. The van der Waals surface area contributed by atoms with Crippen molar-refractivity contribution < 1.29 is 7.56 Å². The second-order valence-electron chi connectivity index (χ2n) is 17.9. The van der Waals surface area contributed by atoms with Gasteiger partial charge in [0.25, 0.3) is 0 Å². The average molecular weight is 993 g/mol. The summed E-state index contributed by atoms with van der Waals surface area (Å²) < 4.78 is 28.5. The molecule has 0 atom stereocenters. The van der Waals surface area contributed by atoms with Crippen LogP contribution in [-0.2, 0) is 7.56 Å². The summed E-state index contributed by atoms with van der Waals surface area (Å²) in [6.07, 6.45) is 51.8. The molecule has 0 spiro atoms. The van der Waals surface area contributed by atoms with Crippen LogP contribution in [0.25, 0.3) is 0 Å². The summed E-state index contributed by atoms with van der Waals surface area (Å²) in [4.78, 5) is 0. The van der Waals surface area contributed by atoms with E-state index in [9.17, 15) is 0 Å². The SMILES string of the molecule is CCCCCCCCC[O][Sn]([CH2]CCCCCCC)([CH2]CCCCCCC)[O][Sn]([CH2]CCCCCCC)([CH2]CCCCCCC)[O]CCCCCCCCC. The van der Waals surface area contributed by atoms with Gasteiger partial charge in [-0.1, -0.05) is 0 Å². The Morgan fingerprint density at radius 1 is 0.218 bits per heavy atom. The van der Waals surface area contributed by atoms with Crippen LogP contribution in [0.1, 0.15) is 286 Å². The summed E-state index contributed by atoms with van der Waals surface area (Å²) >= 11 is -6.92. The van der Waals surface area contributed by atoms with Gasteiger partial charge in [0.1, 0.15) is 0 Å². The van der Waals surface area contributed by atoms with E-state index in [1.165, 1.54) is 262 Å². The predicted molar refractivity (Wildman–Crippen MR) is 253 cm³/mol. The zero-order valence-corrected chi connectivity index (χ0v) is 45.0. The monoisotopic (exact) mass is 995 g/mol. The molecule has 3 nitrogen and oxygen atoms in total. The average Bonchev–Trinajstić information content (AvgIpc) is 3.19. The molecule has 55 heavy (non-hydrogen) atoms. The van der Waals surface area contributed by atoms with Crippen molar-refractivity contribution in [2.75, 3.05) is 13.2 Å². The number of hydrogen-bond acceptors (Lipinski definition) is 3. The summed E-state index contributed by atoms with van der Waals surface area (Å²) in [5, 5.41) is 0. The first-order chi connectivity index (χ1) is 27.1. The maximum atomic E-state index is 8.23. The van der Waals surface area contributed by atoms with Crippen molar-refractivity contribution >= 4 is 38.4 Å². The molecule has 332 valence electrons. The normalized spacial score (nSPS) is 12.3. The van der Waals surface area contributed by atoms with Crippen molar-refractivity contribution in [1.82, 2.24) is 0 Å². The molecule has 0 amide bonds. The van der Waals surface area contributed by atoms with Gasteiger partial charge in [0, 0.05) is 0 Å². The molecule has 0 saturated heterocycles. The molecule has 0 aromatic carbocycles. The Kier molecular flexibility index (Phi) is 46.2. The van der Waals surface area contributed by atoms with E-state index >= 15 is 0 Å². The fourth-order valence-electron chi connectivity index (χ4n) is 8.47. The van der Waals surface area contributed by atoms with Gasteiger partial charge in [-0.2, -0.15) is 0 Å². The van der Waals surface area contributed by atoms with Crippen molar-refractivity contribution in [1.29, 1.82) is 0 Å². The number of unbranched alkanes of at least 4 members (excludes halogenated alkanes) is 32. The standard InChI is InChI=1S/2C9H19O.4C8H17.O.2Sn/c2*1-2-3-4-5-6-7-8-9-10;4*1-3-5-7-8-6-4-2;;;/h2*2-9H2,1H3;4*1,3-8H2,2H3;;;/q2*-1;;;;;;2*+1. The Hall–Kier alpha value is 1.48. The summed E-state index contributed by atoms with van der Waals surface area (Å²) in [7, 11) is 0. The van der Waals surface area contributed by atoms with E-state index in [0.717, 1.165) is 13.2 Å². The van der Waals surface area contributed by atoms with E-state index in [1.807, 2.05) is 0 Å². The zero-order chi connectivity index (χ0) is 40.2. The summed E-state index contributed by atoms with van der Waals surface area (Å²) in [5.41, 5.74) is 0. The van der Waals surface area contributed by atoms with Crippen LogP contribution in [0, 0.1) is 0 Å². The first kappa shape index (κ1) is 56.5. The van der Waals surface area contributed by atoms with E-state index in [4.69, 9.17) is 7.56 Å². The summed E-state index contributed by atoms with van der Waals surface area (Å²) in [6.45, 7) is 16.0. The van der Waals surface area contributed by atoms with Gasteiger partial charge in [-0.05, 0) is 0 Å². The van der Waals surface area contributed by atoms with Gasteiger partial charge in [-0.25, -0.2) is 0 Å². The second-order valence-corrected chi connectivity index (χ2v) is 40.2. The zero-order valence-electron chi connectivity index (χ0n) is 39.3. The molecular formula is C50H106O3Sn2. The third kappa shape index (κ3) is 37.0. The van der Waals surface area contributed by atoms with Gasteiger partial charge in [-0.3, -0.25) is 0 Å². The third-order valence-corrected chi connectivity index (χ3v) is 45.5. The topological polar surface area (TPSA) is 27.7 Å². The predicted octanol–water partition coefficient (Wildman–Crippen LogP) is 18.9. The van der Waals surface area contributed by atoms with E-state index in [0.29, 0.717) is 0 Å². The van der Waals surface area contributed by atoms with Crippen LogP contribution in [-0.4, -0.2) is 51.6 Å². The van der Waals surface area contributed by atoms with Crippen molar-refractivity contribution in [3.05, 3.63) is 0 Å². The summed E-state index contributed by atoms with van der Waals surface area (Å²) in [5.74, 6) is 0. The van der Waals surface area contributed by atoms with Gasteiger partial charge in [0.05, 0.1) is 0 Å². The molecule has 0 unspecified atom stereocenters. The minimum absolute atomic E-state index is 0.962. The Bertz CT molecular complexity index is 629. The van der Waals surface area contributed by atoms with Gasteiger partial charge in [0.2, 0.25) is 0 Å². The molecule has 5 heteroatoms. The molecular weight excluding hydrogens is 886 g/mol. The van der Waals surface area contributed by atoms with Crippen LogP contribution in [0.4, 0.5) is 0 Å². The van der Waals surface area contributed by atoms with Crippen LogP contribution in [0.3, 0.4) is 0 Å². The van der Waals surface area contributed by atoms with Crippen LogP contribution >= 0.6 is 0 Å². The molecule has 0 heterocycles. The van der Waals surface area contributed by atoms with Crippen molar-refractivity contribution in [3.8, 4) is 0 Å². The molecule has 0 rings (SSSR count). The Morgan fingerprint density at radius 2 is 0.400 bits per heavy atom. The molecule has 0 N–H and O–H groups in total. The van der Waals surface area contributed by atoms with Crippen LogP contribution in [0.5, 0.6) is 0 Å². The second kappa shape index (κ2) is 45.0. The summed E-state index contributed by atoms with van der Waals surface area (Å²) in [6, 6.07) is 0. The molecule has 0 fully saturated rings.